The standard InChI is InChI=1S/C20H25NO4S2/c1-13(12-15(22)21-10-11-27-19(21)26)16(18(24)25-20(2,3)4)17(23)14-8-6-5-7-9-14/h5-9,13,16H,10-12H2,1-4H3/t13-,16?/m1/s1. The second kappa shape index (κ2) is 8.97. The van der Waals surface area contributed by atoms with E-state index in [9.17, 15) is 14.4 Å². The van der Waals surface area contributed by atoms with E-state index in [4.69, 9.17) is 17.0 Å². The summed E-state index contributed by atoms with van der Waals surface area (Å²) in [6.45, 7) is 7.57. The fourth-order valence-electron chi connectivity index (χ4n) is 2.87. The van der Waals surface area contributed by atoms with Gasteiger partial charge in [0.1, 0.15) is 15.8 Å². The van der Waals surface area contributed by atoms with Gasteiger partial charge in [-0.05, 0) is 26.7 Å². The second-order valence-corrected chi connectivity index (χ2v) is 9.31. The highest BCUT2D eigenvalue weighted by Crippen LogP contribution is 2.27. The number of ketones is 1. The van der Waals surface area contributed by atoms with Crippen molar-refractivity contribution in [2.24, 2.45) is 11.8 Å². The predicted octanol–water partition coefficient (Wildman–Crippen LogP) is 3.71. The Balaban J connectivity index is 2.22. The minimum Gasteiger partial charge on any atom is -0.459 e. The summed E-state index contributed by atoms with van der Waals surface area (Å²) in [5, 5.41) is 0. The fraction of sp³-hybridized carbons (Fsp3) is 0.500. The van der Waals surface area contributed by atoms with Crippen LogP contribution in [-0.4, -0.2) is 44.8 Å². The Kier molecular flexibility index (Phi) is 7.17. The molecular formula is C20H25NO4S2. The number of ether oxygens (including phenoxy) is 1. The van der Waals surface area contributed by atoms with E-state index in [-0.39, 0.29) is 18.1 Å². The molecule has 0 N–H and O–H groups in total. The van der Waals surface area contributed by atoms with Gasteiger partial charge in [-0.25, -0.2) is 0 Å². The van der Waals surface area contributed by atoms with E-state index >= 15 is 0 Å². The minimum absolute atomic E-state index is 0.0587. The topological polar surface area (TPSA) is 63.7 Å². The van der Waals surface area contributed by atoms with Crippen molar-refractivity contribution >= 4 is 46.0 Å². The summed E-state index contributed by atoms with van der Waals surface area (Å²) in [4.78, 5) is 40.0. The van der Waals surface area contributed by atoms with Gasteiger partial charge in [0.05, 0.1) is 0 Å². The third-order valence-electron chi connectivity index (χ3n) is 4.13. The molecule has 146 valence electrons. The Labute approximate surface area is 169 Å². The van der Waals surface area contributed by atoms with Gasteiger partial charge in [0.25, 0.3) is 0 Å². The van der Waals surface area contributed by atoms with Crippen molar-refractivity contribution in [3.63, 3.8) is 0 Å². The number of carbonyl (C=O) groups is 3. The summed E-state index contributed by atoms with van der Waals surface area (Å²) < 4.78 is 6.03. The van der Waals surface area contributed by atoms with Crippen molar-refractivity contribution in [1.29, 1.82) is 0 Å². The van der Waals surface area contributed by atoms with E-state index in [1.165, 1.54) is 11.8 Å². The maximum absolute atomic E-state index is 13.0. The largest absolute Gasteiger partial charge is 0.459 e. The number of amides is 1. The van der Waals surface area contributed by atoms with Crippen molar-refractivity contribution in [2.75, 3.05) is 12.3 Å². The van der Waals surface area contributed by atoms with E-state index in [1.807, 2.05) is 0 Å². The first-order valence-corrected chi connectivity index (χ1v) is 10.3. The number of hydrogen-bond acceptors (Lipinski definition) is 6. The van der Waals surface area contributed by atoms with Crippen molar-refractivity contribution in [3.05, 3.63) is 35.9 Å². The molecule has 5 nitrogen and oxygen atoms in total. The van der Waals surface area contributed by atoms with Crippen LogP contribution >= 0.6 is 24.0 Å². The lowest BCUT2D eigenvalue weighted by molar-refractivity contribution is -0.159. The number of benzene rings is 1. The second-order valence-electron chi connectivity index (χ2n) is 7.58. The molecule has 1 unspecified atom stereocenters. The van der Waals surface area contributed by atoms with Crippen LogP contribution in [0.5, 0.6) is 0 Å². The summed E-state index contributed by atoms with van der Waals surface area (Å²) in [5.74, 6) is -1.87. The van der Waals surface area contributed by atoms with Gasteiger partial charge in [0.2, 0.25) is 5.91 Å². The maximum atomic E-state index is 13.0. The molecule has 0 aromatic heterocycles. The number of Topliss-reactive ketones (excluding diaryl/α,β-unsaturated/α-hetero) is 1. The lowest BCUT2D eigenvalue weighted by Gasteiger charge is -2.27. The zero-order valence-electron chi connectivity index (χ0n) is 16.1. The van der Waals surface area contributed by atoms with Crippen LogP contribution in [0.15, 0.2) is 30.3 Å². The fourth-order valence-corrected chi connectivity index (χ4v) is 4.11. The molecule has 1 aliphatic heterocycles. The number of carbonyl (C=O) groups excluding carboxylic acids is 3. The van der Waals surface area contributed by atoms with Crippen LogP contribution in [0.1, 0.15) is 44.5 Å². The Hall–Kier alpha value is -1.73. The molecule has 1 aliphatic rings. The lowest BCUT2D eigenvalue weighted by atomic mass is 9.84. The Morgan fingerprint density at radius 1 is 1.22 bits per heavy atom. The molecule has 2 rings (SSSR count). The highest BCUT2D eigenvalue weighted by atomic mass is 32.2. The average Bonchev–Trinajstić information content (AvgIpc) is 3.00. The van der Waals surface area contributed by atoms with Crippen LogP contribution in [0.2, 0.25) is 0 Å². The summed E-state index contributed by atoms with van der Waals surface area (Å²) in [7, 11) is 0. The van der Waals surface area contributed by atoms with Crippen LogP contribution < -0.4 is 0 Å². The van der Waals surface area contributed by atoms with Crippen molar-refractivity contribution in [1.82, 2.24) is 4.90 Å². The molecule has 1 heterocycles. The quantitative estimate of drug-likeness (QED) is 0.310. The van der Waals surface area contributed by atoms with Gasteiger partial charge >= 0.3 is 5.97 Å². The molecule has 1 fully saturated rings. The van der Waals surface area contributed by atoms with E-state index in [0.29, 0.717) is 16.4 Å². The zero-order valence-corrected chi connectivity index (χ0v) is 17.7. The summed E-state index contributed by atoms with van der Waals surface area (Å²) in [6.07, 6.45) is 0.0587. The summed E-state index contributed by atoms with van der Waals surface area (Å²) in [6, 6.07) is 8.63. The molecule has 1 amide bonds. The highest BCUT2D eigenvalue weighted by molar-refractivity contribution is 8.23. The number of esters is 1. The van der Waals surface area contributed by atoms with E-state index < -0.39 is 23.4 Å². The Morgan fingerprint density at radius 2 is 1.85 bits per heavy atom. The third kappa shape index (κ3) is 5.87. The molecular weight excluding hydrogens is 382 g/mol. The van der Waals surface area contributed by atoms with Gasteiger partial charge in [-0.2, -0.15) is 0 Å². The number of hydrogen-bond donors (Lipinski definition) is 0. The van der Waals surface area contributed by atoms with Gasteiger partial charge in [0.15, 0.2) is 5.78 Å². The molecule has 2 atom stereocenters. The Morgan fingerprint density at radius 3 is 2.37 bits per heavy atom. The molecule has 0 aliphatic carbocycles. The van der Waals surface area contributed by atoms with E-state index in [1.54, 1.807) is 62.9 Å². The van der Waals surface area contributed by atoms with Gasteiger partial charge in [-0.15, -0.1) is 0 Å². The normalized spacial score (nSPS) is 16.7. The molecule has 0 saturated carbocycles. The molecule has 1 saturated heterocycles. The first-order chi connectivity index (χ1) is 12.6. The van der Waals surface area contributed by atoms with Gasteiger partial charge < -0.3 is 4.74 Å². The van der Waals surface area contributed by atoms with Crippen LogP contribution in [0.25, 0.3) is 0 Å². The highest BCUT2D eigenvalue weighted by Gasteiger charge is 2.38. The number of rotatable bonds is 6. The van der Waals surface area contributed by atoms with Crippen LogP contribution in [0, 0.1) is 11.8 Å². The molecule has 0 spiro atoms. The lowest BCUT2D eigenvalue weighted by Crippen LogP contribution is -2.39. The molecule has 1 aromatic rings. The average molecular weight is 408 g/mol. The molecule has 7 heteroatoms. The monoisotopic (exact) mass is 407 g/mol. The molecule has 0 bridgehead atoms. The third-order valence-corrected chi connectivity index (χ3v) is 5.56. The number of thioether (sulfide) groups is 1. The minimum atomic E-state index is -1.04. The number of thiocarbonyl (C=S) groups is 1. The maximum Gasteiger partial charge on any atom is 0.317 e. The van der Waals surface area contributed by atoms with Crippen LogP contribution in [-0.2, 0) is 14.3 Å². The van der Waals surface area contributed by atoms with E-state index in [0.717, 1.165) is 5.75 Å². The SMILES string of the molecule is C[C@H](CC(=O)N1CCSC1=S)C(C(=O)OC(C)(C)C)C(=O)c1ccccc1. The predicted molar refractivity (Wildman–Crippen MR) is 111 cm³/mol. The van der Waals surface area contributed by atoms with Gasteiger partial charge in [0, 0.05) is 24.3 Å². The molecule has 1 aromatic carbocycles. The van der Waals surface area contributed by atoms with Gasteiger partial charge in [-0.3, -0.25) is 19.3 Å². The van der Waals surface area contributed by atoms with Crippen LogP contribution in [0.3, 0.4) is 0 Å². The van der Waals surface area contributed by atoms with E-state index in [2.05, 4.69) is 0 Å². The summed E-state index contributed by atoms with van der Waals surface area (Å²) >= 11 is 6.66. The van der Waals surface area contributed by atoms with Crippen molar-refractivity contribution < 1.29 is 19.1 Å². The summed E-state index contributed by atoms with van der Waals surface area (Å²) in [5.41, 5.74) is -0.289. The van der Waals surface area contributed by atoms with Crippen LogP contribution in [0.4, 0.5) is 0 Å². The number of nitrogens with zero attached hydrogens (tertiary/aromatic N) is 1. The van der Waals surface area contributed by atoms with Gasteiger partial charge in [-0.1, -0.05) is 61.2 Å². The first-order valence-electron chi connectivity index (χ1n) is 8.89. The molecule has 0 radical (unpaired) electrons. The zero-order chi connectivity index (χ0) is 20.2. The van der Waals surface area contributed by atoms with Crippen molar-refractivity contribution in [2.45, 2.75) is 39.7 Å². The smallest absolute Gasteiger partial charge is 0.317 e. The Bertz CT molecular complexity index is 727. The van der Waals surface area contributed by atoms with Crippen molar-refractivity contribution in [3.8, 4) is 0 Å². The molecule has 27 heavy (non-hydrogen) atoms. The first kappa shape index (κ1) is 21.6.